The molecular formula is C18H14F2N2O2S. The first-order valence-corrected chi connectivity index (χ1v) is 8.23. The highest BCUT2D eigenvalue weighted by atomic mass is 32.1. The standard InChI is InChI=1S/C18H14F2N2O2S/c1-11-15(12-6-3-2-4-7-12)21-18(25-11)22-16(23)13-8-5-9-14(10-13)24-17(19)20/h2-10,17H,1H3,(H,21,22,23). The topological polar surface area (TPSA) is 51.2 Å². The van der Waals surface area contributed by atoms with Crippen LogP contribution in [-0.4, -0.2) is 17.5 Å². The maximum atomic E-state index is 12.3. The lowest BCUT2D eigenvalue weighted by molar-refractivity contribution is -0.0498. The zero-order chi connectivity index (χ0) is 17.8. The van der Waals surface area contributed by atoms with Gasteiger partial charge in [0.15, 0.2) is 5.13 Å². The molecule has 4 nitrogen and oxygen atoms in total. The van der Waals surface area contributed by atoms with E-state index in [0.717, 1.165) is 16.1 Å². The molecule has 7 heteroatoms. The number of amides is 1. The molecule has 0 bridgehead atoms. The van der Waals surface area contributed by atoms with Crippen molar-refractivity contribution < 1.29 is 18.3 Å². The second-order valence-electron chi connectivity index (χ2n) is 5.15. The molecule has 25 heavy (non-hydrogen) atoms. The molecule has 2 aromatic carbocycles. The Balaban J connectivity index is 1.78. The van der Waals surface area contributed by atoms with Gasteiger partial charge in [-0.25, -0.2) is 4.98 Å². The Morgan fingerprint density at radius 2 is 1.92 bits per heavy atom. The van der Waals surface area contributed by atoms with E-state index in [2.05, 4.69) is 15.0 Å². The summed E-state index contributed by atoms with van der Waals surface area (Å²) in [4.78, 5) is 17.7. The average molecular weight is 360 g/mol. The van der Waals surface area contributed by atoms with Gasteiger partial charge in [0.25, 0.3) is 5.91 Å². The van der Waals surface area contributed by atoms with Crippen molar-refractivity contribution >= 4 is 22.4 Å². The molecule has 0 saturated heterocycles. The fourth-order valence-corrected chi connectivity index (χ4v) is 3.13. The molecule has 3 rings (SSSR count). The van der Waals surface area contributed by atoms with Crippen LogP contribution in [0.5, 0.6) is 5.75 Å². The molecule has 0 atom stereocenters. The highest BCUT2D eigenvalue weighted by Gasteiger charge is 2.14. The van der Waals surface area contributed by atoms with Crippen LogP contribution in [0.4, 0.5) is 13.9 Å². The summed E-state index contributed by atoms with van der Waals surface area (Å²) in [6.07, 6.45) is 0. The fraction of sp³-hybridized carbons (Fsp3) is 0.111. The summed E-state index contributed by atoms with van der Waals surface area (Å²) < 4.78 is 28.9. The number of carbonyl (C=O) groups is 1. The minimum absolute atomic E-state index is 0.0667. The predicted molar refractivity (Wildman–Crippen MR) is 93.3 cm³/mol. The molecule has 1 heterocycles. The van der Waals surface area contributed by atoms with Crippen LogP contribution in [0.25, 0.3) is 11.3 Å². The lowest BCUT2D eigenvalue weighted by Gasteiger charge is -2.06. The first kappa shape index (κ1) is 17.0. The Hall–Kier alpha value is -2.80. The number of halogens is 2. The first-order valence-electron chi connectivity index (χ1n) is 7.42. The zero-order valence-corrected chi connectivity index (χ0v) is 14.0. The quantitative estimate of drug-likeness (QED) is 0.699. The van der Waals surface area contributed by atoms with Crippen molar-refractivity contribution in [1.82, 2.24) is 4.98 Å². The number of rotatable bonds is 5. The molecule has 0 aliphatic rings. The van der Waals surface area contributed by atoms with Crippen LogP contribution in [-0.2, 0) is 0 Å². The van der Waals surface area contributed by atoms with E-state index in [-0.39, 0.29) is 11.3 Å². The number of ether oxygens (including phenoxy) is 1. The van der Waals surface area contributed by atoms with Crippen LogP contribution in [0.1, 0.15) is 15.2 Å². The highest BCUT2D eigenvalue weighted by molar-refractivity contribution is 7.16. The largest absolute Gasteiger partial charge is 0.435 e. The summed E-state index contributed by atoms with van der Waals surface area (Å²) in [5.74, 6) is -0.504. The molecule has 0 aliphatic heterocycles. The van der Waals surface area contributed by atoms with E-state index < -0.39 is 12.5 Å². The molecule has 1 aromatic heterocycles. The number of nitrogens with zero attached hydrogens (tertiary/aromatic N) is 1. The normalized spacial score (nSPS) is 10.7. The van der Waals surface area contributed by atoms with Crippen LogP contribution in [0.3, 0.4) is 0 Å². The van der Waals surface area contributed by atoms with Gasteiger partial charge in [-0.3, -0.25) is 10.1 Å². The van der Waals surface area contributed by atoms with Gasteiger partial charge in [-0.05, 0) is 25.1 Å². The van der Waals surface area contributed by atoms with Crippen molar-refractivity contribution in [3.05, 3.63) is 65.0 Å². The number of hydrogen-bond donors (Lipinski definition) is 1. The first-order chi connectivity index (χ1) is 12.0. The number of nitrogens with one attached hydrogen (secondary N) is 1. The van der Waals surface area contributed by atoms with E-state index in [1.54, 1.807) is 0 Å². The summed E-state index contributed by atoms with van der Waals surface area (Å²) in [6.45, 7) is -1.01. The van der Waals surface area contributed by atoms with E-state index in [9.17, 15) is 13.6 Å². The molecule has 0 saturated carbocycles. The molecule has 3 aromatic rings. The van der Waals surface area contributed by atoms with Crippen LogP contribution < -0.4 is 10.1 Å². The van der Waals surface area contributed by atoms with E-state index in [1.807, 2.05) is 37.3 Å². The summed E-state index contributed by atoms with van der Waals surface area (Å²) in [5, 5.41) is 3.14. The number of alkyl halides is 2. The average Bonchev–Trinajstić information content (AvgIpc) is 2.95. The Morgan fingerprint density at radius 3 is 2.64 bits per heavy atom. The van der Waals surface area contributed by atoms with Gasteiger partial charge in [-0.1, -0.05) is 36.4 Å². The second kappa shape index (κ2) is 7.40. The van der Waals surface area contributed by atoms with Gasteiger partial charge in [0, 0.05) is 16.0 Å². The number of thiazole rings is 1. The summed E-state index contributed by atoms with van der Waals surface area (Å²) in [5.41, 5.74) is 1.98. The predicted octanol–water partition coefficient (Wildman–Crippen LogP) is 4.97. The number of anilines is 1. The Kier molecular flexibility index (Phi) is 5.04. The number of aromatic nitrogens is 1. The summed E-state index contributed by atoms with van der Waals surface area (Å²) in [7, 11) is 0. The Morgan fingerprint density at radius 1 is 1.16 bits per heavy atom. The molecular weight excluding hydrogens is 346 g/mol. The van der Waals surface area contributed by atoms with E-state index in [1.165, 1.54) is 35.6 Å². The van der Waals surface area contributed by atoms with E-state index >= 15 is 0 Å². The monoisotopic (exact) mass is 360 g/mol. The molecule has 0 unspecified atom stereocenters. The van der Waals surface area contributed by atoms with Gasteiger partial charge in [0.05, 0.1) is 5.69 Å². The molecule has 0 spiro atoms. The molecule has 1 amide bonds. The number of hydrogen-bond acceptors (Lipinski definition) is 4. The van der Waals surface area contributed by atoms with Crippen LogP contribution in [0.15, 0.2) is 54.6 Å². The van der Waals surface area contributed by atoms with Crippen molar-refractivity contribution in [2.24, 2.45) is 0 Å². The van der Waals surface area contributed by atoms with E-state index in [0.29, 0.717) is 5.13 Å². The maximum Gasteiger partial charge on any atom is 0.387 e. The smallest absolute Gasteiger partial charge is 0.387 e. The van der Waals surface area contributed by atoms with Gasteiger partial charge in [-0.15, -0.1) is 11.3 Å². The second-order valence-corrected chi connectivity index (χ2v) is 6.35. The highest BCUT2D eigenvalue weighted by Crippen LogP contribution is 2.30. The van der Waals surface area contributed by atoms with Crippen LogP contribution >= 0.6 is 11.3 Å². The lowest BCUT2D eigenvalue weighted by Crippen LogP contribution is -2.12. The van der Waals surface area contributed by atoms with Gasteiger partial charge >= 0.3 is 6.61 Å². The van der Waals surface area contributed by atoms with Gasteiger partial charge in [-0.2, -0.15) is 8.78 Å². The van der Waals surface area contributed by atoms with Gasteiger partial charge in [0.1, 0.15) is 5.75 Å². The lowest BCUT2D eigenvalue weighted by atomic mass is 10.1. The van der Waals surface area contributed by atoms with Gasteiger partial charge in [0.2, 0.25) is 0 Å². The number of carbonyl (C=O) groups excluding carboxylic acids is 1. The SMILES string of the molecule is Cc1sc(NC(=O)c2cccc(OC(F)F)c2)nc1-c1ccccc1. The van der Waals surface area contributed by atoms with Crippen molar-refractivity contribution in [2.75, 3.05) is 5.32 Å². The third-order valence-corrected chi connectivity index (χ3v) is 4.27. The third-order valence-electron chi connectivity index (χ3n) is 3.39. The summed E-state index contributed by atoms with van der Waals surface area (Å²) >= 11 is 1.35. The zero-order valence-electron chi connectivity index (χ0n) is 13.2. The van der Waals surface area contributed by atoms with Crippen molar-refractivity contribution in [1.29, 1.82) is 0 Å². The van der Waals surface area contributed by atoms with Crippen LogP contribution in [0.2, 0.25) is 0 Å². The third kappa shape index (κ3) is 4.19. The Bertz CT molecular complexity index is 882. The Labute approximate surface area is 147 Å². The molecule has 1 N–H and O–H groups in total. The fourth-order valence-electron chi connectivity index (χ4n) is 2.30. The van der Waals surface area contributed by atoms with Gasteiger partial charge < -0.3 is 4.74 Å². The van der Waals surface area contributed by atoms with E-state index in [4.69, 9.17) is 0 Å². The molecule has 0 aliphatic carbocycles. The number of aryl methyl sites for hydroxylation is 1. The van der Waals surface area contributed by atoms with Crippen molar-refractivity contribution in [3.63, 3.8) is 0 Å². The van der Waals surface area contributed by atoms with Crippen LogP contribution in [0, 0.1) is 6.92 Å². The number of benzene rings is 2. The summed E-state index contributed by atoms with van der Waals surface area (Å²) in [6, 6.07) is 15.3. The minimum Gasteiger partial charge on any atom is -0.435 e. The minimum atomic E-state index is -2.94. The molecule has 0 radical (unpaired) electrons. The molecule has 128 valence electrons. The molecule has 0 fully saturated rings. The maximum absolute atomic E-state index is 12.3. The van der Waals surface area contributed by atoms with Crippen molar-refractivity contribution in [2.45, 2.75) is 13.5 Å². The van der Waals surface area contributed by atoms with Crippen molar-refractivity contribution in [3.8, 4) is 17.0 Å².